The molecule has 5 atom stereocenters. The number of aliphatic hydroxyl groups excluding tert-OH is 2. The number of rotatable bonds is 9. The third kappa shape index (κ3) is 7.45. The molecule has 0 bridgehead atoms. The number of esters is 1. The van der Waals surface area contributed by atoms with Crippen molar-refractivity contribution in [2.45, 2.75) is 69.7 Å². The van der Waals surface area contributed by atoms with Crippen LogP contribution in [-0.4, -0.2) is 81.9 Å². The first kappa shape index (κ1) is 29.6. The molecule has 1 aliphatic rings. The van der Waals surface area contributed by atoms with Crippen molar-refractivity contribution in [3.63, 3.8) is 0 Å². The number of nitrogen functional groups attached to an aromatic ring is 1. The number of carboxylic acid groups (broad SMARTS) is 2. The third-order valence-electron chi connectivity index (χ3n) is 5.22. The van der Waals surface area contributed by atoms with Crippen LogP contribution in [0.15, 0.2) is 23.3 Å². The number of ether oxygens (including phenoxy) is 2. The number of fused-ring (bicyclic) bond motifs is 1. The molecule has 1 unspecified atom stereocenters. The topological polar surface area (TPSA) is 245 Å². The first-order valence-corrected chi connectivity index (χ1v) is 11.7. The molecule has 2 aromatic rings. The van der Waals surface area contributed by atoms with Crippen LogP contribution in [0.1, 0.15) is 45.8 Å². The molecular formula is C21H28N4O11S. The highest BCUT2D eigenvalue weighted by Crippen LogP contribution is 2.34. The second-order valence-corrected chi connectivity index (χ2v) is 9.22. The number of nitrogens with zero attached hydrogens (tertiary/aromatic N) is 3. The van der Waals surface area contributed by atoms with E-state index < -0.39 is 66.6 Å². The quantitative estimate of drug-likeness (QED) is 0.182. The molecule has 1 saturated heterocycles. The van der Waals surface area contributed by atoms with Gasteiger partial charge in [0.2, 0.25) is 5.95 Å². The Hall–Kier alpha value is -3.60. The van der Waals surface area contributed by atoms with Crippen molar-refractivity contribution in [3.8, 4) is 0 Å². The van der Waals surface area contributed by atoms with Crippen LogP contribution in [0.3, 0.4) is 0 Å². The van der Waals surface area contributed by atoms with E-state index in [1.165, 1.54) is 17.7 Å². The molecule has 2 aromatic heterocycles. The monoisotopic (exact) mass is 544 g/mol. The SMILES string of the molecule is C=C(O)CC(O)(CC(=O)O)C(=O)O.CC[C@H](OC(C)=O)[C@@H]1C[C@@H](O)[C@H](n2c(=O)sc3cnc(N)nc32)O1. The Morgan fingerprint density at radius 3 is 2.51 bits per heavy atom. The summed E-state index contributed by atoms with van der Waals surface area (Å²) in [6.07, 6.45) is -2.24. The summed E-state index contributed by atoms with van der Waals surface area (Å²) in [7, 11) is 0. The molecule has 37 heavy (non-hydrogen) atoms. The van der Waals surface area contributed by atoms with Crippen LogP contribution < -0.4 is 10.6 Å². The number of aliphatic hydroxyl groups is 3. The molecular weight excluding hydrogens is 516 g/mol. The van der Waals surface area contributed by atoms with E-state index in [4.69, 9.17) is 30.5 Å². The lowest BCUT2D eigenvalue weighted by Gasteiger charge is -2.22. The Labute approximate surface area is 213 Å². The molecule has 3 rings (SSSR count). The van der Waals surface area contributed by atoms with Crippen molar-refractivity contribution in [1.82, 2.24) is 14.5 Å². The standard InChI is InChI=1S/C14H18N4O5S.C7H10O6/c1-3-8(22-6(2)19)9-4-7(20)12(23-9)18-11-10(24-14(18)21)5-16-13(15)17-11;1-4(8)2-7(13,6(11)12)3-5(9)10/h5,7-9,12,20H,3-4H2,1-2H3,(H2,15,16,17);8,13H,1-3H2,(H,9,10)(H,11,12)/t7-,8+,9+,12-;/m1./s1. The highest BCUT2D eigenvalue weighted by atomic mass is 32.1. The lowest BCUT2D eigenvalue weighted by Crippen LogP contribution is -2.41. The lowest BCUT2D eigenvalue weighted by atomic mass is 9.95. The maximum absolute atomic E-state index is 12.3. The summed E-state index contributed by atoms with van der Waals surface area (Å²) >= 11 is 0.953. The number of thiazole rings is 1. The van der Waals surface area contributed by atoms with Crippen molar-refractivity contribution in [1.29, 1.82) is 0 Å². The van der Waals surface area contributed by atoms with Gasteiger partial charge in [-0.3, -0.25) is 19.0 Å². The highest BCUT2D eigenvalue weighted by Gasteiger charge is 2.42. The van der Waals surface area contributed by atoms with E-state index in [0.717, 1.165) is 11.3 Å². The first-order chi connectivity index (χ1) is 17.2. The maximum Gasteiger partial charge on any atom is 0.336 e. The number of hydrogen-bond donors (Lipinski definition) is 6. The number of hydrogen-bond acceptors (Lipinski definition) is 13. The average Bonchev–Trinajstić information content (AvgIpc) is 3.29. The normalized spacial score (nSPS) is 21.4. The molecule has 0 radical (unpaired) electrons. The molecule has 0 saturated carbocycles. The van der Waals surface area contributed by atoms with Gasteiger partial charge in [-0.1, -0.05) is 24.8 Å². The van der Waals surface area contributed by atoms with Gasteiger partial charge >= 0.3 is 22.8 Å². The second kappa shape index (κ2) is 12.1. The van der Waals surface area contributed by atoms with E-state index in [1.807, 2.05) is 6.92 Å². The zero-order valence-corrected chi connectivity index (χ0v) is 20.8. The molecule has 0 spiro atoms. The van der Waals surface area contributed by atoms with Crippen LogP contribution in [0.25, 0.3) is 10.3 Å². The number of carbonyl (C=O) groups is 3. The molecule has 7 N–H and O–H groups in total. The molecule has 1 fully saturated rings. The van der Waals surface area contributed by atoms with Crippen LogP contribution in [0.2, 0.25) is 0 Å². The summed E-state index contributed by atoms with van der Waals surface area (Å²) < 4.78 is 12.9. The largest absolute Gasteiger partial charge is 0.513 e. The molecule has 0 amide bonds. The first-order valence-electron chi connectivity index (χ1n) is 10.9. The molecule has 15 nitrogen and oxygen atoms in total. The number of anilines is 1. The predicted molar refractivity (Wildman–Crippen MR) is 128 cm³/mol. The van der Waals surface area contributed by atoms with Gasteiger partial charge in [0.1, 0.15) is 12.2 Å². The van der Waals surface area contributed by atoms with E-state index >= 15 is 0 Å². The van der Waals surface area contributed by atoms with Gasteiger partial charge in [0, 0.05) is 19.8 Å². The molecule has 0 aliphatic carbocycles. The summed E-state index contributed by atoms with van der Waals surface area (Å²) in [5.74, 6) is -4.13. The van der Waals surface area contributed by atoms with E-state index in [9.17, 15) is 29.4 Å². The lowest BCUT2D eigenvalue weighted by molar-refractivity contribution is -0.165. The Balaban J connectivity index is 0.000000317. The summed E-state index contributed by atoms with van der Waals surface area (Å²) in [6.45, 7) is 6.15. The Morgan fingerprint density at radius 1 is 1.35 bits per heavy atom. The van der Waals surface area contributed by atoms with Gasteiger partial charge in [-0.2, -0.15) is 4.98 Å². The summed E-state index contributed by atoms with van der Waals surface area (Å²) in [6, 6.07) is 0. The smallest absolute Gasteiger partial charge is 0.336 e. The summed E-state index contributed by atoms with van der Waals surface area (Å²) in [5, 5.41) is 45.0. The van der Waals surface area contributed by atoms with E-state index in [1.54, 1.807) is 0 Å². The van der Waals surface area contributed by atoms with Gasteiger partial charge in [0.05, 0.1) is 29.2 Å². The number of carboxylic acids is 2. The Morgan fingerprint density at radius 2 is 2.00 bits per heavy atom. The Bertz CT molecular complexity index is 1210. The van der Waals surface area contributed by atoms with Crippen molar-refractivity contribution < 1.29 is 49.4 Å². The fourth-order valence-corrected chi connectivity index (χ4v) is 4.48. The van der Waals surface area contributed by atoms with Crippen LogP contribution in [-0.2, 0) is 23.9 Å². The molecule has 16 heteroatoms. The number of aliphatic carboxylic acids is 2. The molecule has 3 heterocycles. The minimum atomic E-state index is -2.49. The van der Waals surface area contributed by atoms with E-state index in [2.05, 4.69) is 16.5 Å². The zero-order valence-electron chi connectivity index (χ0n) is 19.9. The van der Waals surface area contributed by atoms with Gasteiger partial charge in [0.15, 0.2) is 17.5 Å². The predicted octanol–water partition coefficient (Wildman–Crippen LogP) is 0.164. The third-order valence-corrected chi connectivity index (χ3v) is 6.10. The van der Waals surface area contributed by atoms with Crippen molar-refractivity contribution in [3.05, 3.63) is 28.2 Å². The fraction of sp³-hybridized carbons (Fsp3) is 0.524. The van der Waals surface area contributed by atoms with Crippen LogP contribution in [0.4, 0.5) is 5.95 Å². The summed E-state index contributed by atoms with van der Waals surface area (Å²) in [5.41, 5.74) is 3.43. The van der Waals surface area contributed by atoms with Crippen LogP contribution >= 0.6 is 11.3 Å². The number of aromatic nitrogens is 3. The molecule has 204 valence electrons. The van der Waals surface area contributed by atoms with E-state index in [0.29, 0.717) is 16.8 Å². The van der Waals surface area contributed by atoms with Gasteiger partial charge in [-0.15, -0.1) is 0 Å². The minimum absolute atomic E-state index is 0.0319. The van der Waals surface area contributed by atoms with Gasteiger partial charge < -0.3 is 40.7 Å². The minimum Gasteiger partial charge on any atom is -0.513 e. The van der Waals surface area contributed by atoms with Gasteiger partial charge in [-0.25, -0.2) is 9.78 Å². The van der Waals surface area contributed by atoms with Gasteiger partial charge in [-0.05, 0) is 6.42 Å². The average molecular weight is 545 g/mol. The van der Waals surface area contributed by atoms with Crippen LogP contribution in [0.5, 0.6) is 0 Å². The van der Waals surface area contributed by atoms with Crippen molar-refractivity contribution in [2.75, 3.05) is 5.73 Å². The zero-order chi connectivity index (χ0) is 28.1. The maximum atomic E-state index is 12.3. The highest BCUT2D eigenvalue weighted by molar-refractivity contribution is 7.16. The number of carbonyl (C=O) groups excluding carboxylic acids is 1. The molecule has 1 aliphatic heterocycles. The Kier molecular flexibility index (Phi) is 9.68. The van der Waals surface area contributed by atoms with Crippen LogP contribution in [0, 0.1) is 0 Å². The van der Waals surface area contributed by atoms with Gasteiger partial charge in [0.25, 0.3) is 0 Å². The summed E-state index contributed by atoms with van der Waals surface area (Å²) in [4.78, 5) is 51.7. The molecule has 0 aromatic carbocycles. The van der Waals surface area contributed by atoms with E-state index in [-0.39, 0.29) is 17.2 Å². The van der Waals surface area contributed by atoms with Crippen molar-refractivity contribution >= 4 is 45.5 Å². The number of nitrogens with two attached hydrogens (primary N) is 1. The van der Waals surface area contributed by atoms with Crippen molar-refractivity contribution in [2.24, 2.45) is 0 Å². The fourth-order valence-electron chi connectivity index (χ4n) is 3.66. The second-order valence-electron chi connectivity index (χ2n) is 8.23.